The van der Waals surface area contributed by atoms with Crippen molar-refractivity contribution >= 4 is 5.57 Å². The summed E-state index contributed by atoms with van der Waals surface area (Å²) in [6.45, 7) is 13.7. The highest BCUT2D eigenvalue weighted by molar-refractivity contribution is 5.71. The van der Waals surface area contributed by atoms with E-state index in [9.17, 15) is 0 Å². The number of benzene rings is 1. The van der Waals surface area contributed by atoms with Gasteiger partial charge in [0.05, 0.1) is 0 Å². The molecule has 0 saturated heterocycles. The molecular weight excluding hydrogens is 218 g/mol. The van der Waals surface area contributed by atoms with Gasteiger partial charge in [0.2, 0.25) is 0 Å². The molecule has 2 rings (SSSR count). The van der Waals surface area contributed by atoms with Crippen molar-refractivity contribution in [3.8, 4) is 0 Å². The van der Waals surface area contributed by atoms with Crippen LogP contribution in [0.2, 0.25) is 0 Å². The number of hydrogen-bond donors (Lipinski definition) is 0. The van der Waals surface area contributed by atoms with E-state index < -0.39 is 0 Å². The van der Waals surface area contributed by atoms with Crippen LogP contribution in [0.4, 0.5) is 0 Å². The third-order valence-corrected chi connectivity index (χ3v) is 3.99. The molecule has 1 aliphatic heterocycles. The Bertz CT molecular complexity index is 463. The Morgan fingerprint density at radius 2 is 1.72 bits per heavy atom. The van der Waals surface area contributed by atoms with Crippen LogP contribution in [-0.2, 0) is 0 Å². The van der Waals surface area contributed by atoms with Gasteiger partial charge in [0.15, 0.2) is 0 Å². The van der Waals surface area contributed by atoms with Crippen LogP contribution in [0.5, 0.6) is 0 Å². The quantitative estimate of drug-likeness (QED) is 0.712. The monoisotopic (exact) mass is 243 g/mol. The maximum atomic E-state index is 2.57. The van der Waals surface area contributed by atoms with Gasteiger partial charge in [-0.1, -0.05) is 29.8 Å². The molecule has 1 heterocycles. The molecule has 0 fully saturated rings. The van der Waals surface area contributed by atoms with Crippen LogP contribution in [0.3, 0.4) is 0 Å². The van der Waals surface area contributed by atoms with Gasteiger partial charge < -0.3 is 0 Å². The van der Waals surface area contributed by atoms with Gasteiger partial charge in [-0.3, -0.25) is 4.90 Å². The molecule has 0 N–H and O–H groups in total. The molecule has 0 aromatic heterocycles. The van der Waals surface area contributed by atoms with Gasteiger partial charge in [-0.15, -0.1) is 0 Å². The number of aryl methyl sites for hydroxylation is 1. The molecule has 0 atom stereocenters. The van der Waals surface area contributed by atoms with Gasteiger partial charge in [-0.05, 0) is 57.7 Å². The van der Waals surface area contributed by atoms with E-state index in [0.717, 1.165) is 6.54 Å². The summed E-state index contributed by atoms with van der Waals surface area (Å²) < 4.78 is 0. The SMILES string of the molecule is CC1=C(c2ccccc2C)CCN(C(C)(C)C)C1. The van der Waals surface area contributed by atoms with E-state index in [1.54, 1.807) is 5.57 Å². The first-order chi connectivity index (χ1) is 8.39. The second kappa shape index (κ2) is 4.89. The van der Waals surface area contributed by atoms with E-state index in [1.807, 2.05) is 0 Å². The Kier molecular flexibility index (Phi) is 3.63. The number of rotatable bonds is 1. The normalized spacial score (nSPS) is 18.3. The Morgan fingerprint density at radius 1 is 1.06 bits per heavy atom. The topological polar surface area (TPSA) is 3.24 Å². The first-order valence-corrected chi connectivity index (χ1v) is 6.89. The average molecular weight is 243 g/mol. The number of hydrogen-bond acceptors (Lipinski definition) is 1. The predicted octanol–water partition coefficient (Wildman–Crippen LogP) is 4.27. The van der Waals surface area contributed by atoms with Crippen molar-refractivity contribution in [2.75, 3.05) is 13.1 Å². The van der Waals surface area contributed by atoms with E-state index in [2.05, 4.69) is 63.8 Å². The van der Waals surface area contributed by atoms with E-state index in [-0.39, 0.29) is 5.54 Å². The van der Waals surface area contributed by atoms with Crippen LogP contribution in [-0.4, -0.2) is 23.5 Å². The summed E-state index contributed by atoms with van der Waals surface area (Å²) >= 11 is 0. The Balaban J connectivity index is 2.29. The molecule has 0 unspecified atom stereocenters. The molecule has 0 spiro atoms. The minimum Gasteiger partial charge on any atom is -0.294 e. The molecule has 1 aromatic carbocycles. The zero-order chi connectivity index (χ0) is 13.3. The van der Waals surface area contributed by atoms with Crippen molar-refractivity contribution in [2.45, 2.75) is 46.6 Å². The molecule has 0 radical (unpaired) electrons. The summed E-state index contributed by atoms with van der Waals surface area (Å²) in [5, 5.41) is 0. The van der Waals surface area contributed by atoms with E-state index >= 15 is 0 Å². The van der Waals surface area contributed by atoms with E-state index in [1.165, 1.54) is 29.7 Å². The van der Waals surface area contributed by atoms with Crippen LogP contribution in [0.1, 0.15) is 45.2 Å². The van der Waals surface area contributed by atoms with Crippen molar-refractivity contribution in [3.63, 3.8) is 0 Å². The second-order valence-corrected chi connectivity index (χ2v) is 6.42. The van der Waals surface area contributed by atoms with Crippen molar-refractivity contribution in [1.82, 2.24) is 4.90 Å². The maximum absolute atomic E-state index is 2.57. The summed E-state index contributed by atoms with van der Waals surface area (Å²) in [5.41, 5.74) is 6.22. The smallest absolute Gasteiger partial charge is 0.0201 e. The minimum absolute atomic E-state index is 0.276. The van der Waals surface area contributed by atoms with Gasteiger partial charge in [0.1, 0.15) is 0 Å². The highest BCUT2D eigenvalue weighted by Crippen LogP contribution is 2.31. The first-order valence-electron chi connectivity index (χ1n) is 6.89. The fourth-order valence-corrected chi connectivity index (χ4v) is 2.77. The first kappa shape index (κ1) is 13.4. The third-order valence-electron chi connectivity index (χ3n) is 3.99. The largest absolute Gasteiger partial charge is 0.294 e. The molecule has 18 heavy (non-hydrogen) atoms. The molecule has 0 saturated carbocycles. The van der Waals surface area contributed by atoms with Gasteiger partial charge in [-0.2, -0.15) is 0 Å². The lowest BCUT2D eigenvalue weighted by Gasteiger charge is -2.39. The van der Waals surface area contributed by atoms with Crippen LogP contribution in [0, 0.1) is 6.92 Å². The standard InChI is InChI=1S/C17H25N/c1-13-8-6-7-9-15(13)16-10-11-18(12-14(16)2)17(3,4)5/h6-9H,10-12H2,1-5H3. The van der Waals surface area contributed by atoms with Crippen LogP contribution in [0.15, 0.2) is 29.8 Å². The Morgan fingerprint density at radius 3 is 2.28 bits per heavy atom. The summed E-state index contributed by atoms with van der Waals surface area (Å²) in [6, 6.07) is 8.75. The average Bonchev–Trinajstić information content (AvgIpc) is 2.29. The maximum Gasteiger partial charge on any atom is 0.0201 e. The van der Waals surface area contributed by atoms with Gasteiger partial charge in [0.25, 0.3) is 0 Å². The summed E-state index contributed by atoms with van der Waals surface area (Å²) in [4.78, 5) is 2.57. The lowest BCUT2D eigenvalue weighted by atomic mass is 9.89. The Hall–Kier alpha value is -1.08. The second-order valence-electron chi connectivity index (χ2n) is 6.42. The molecule has 1 nitrogen and oxygen atoms in total. The molecule has 0 amide bonds. The predicted molar refractivity (Wildman–Crippen MR) is 79.7 cm³/mol. The van der Waals surface area contributed by atoms with Gasteiger partial charge in [0, 0.05) is 18.6 Å². The van der Waals surface area contributed by atoms with Gasteiger partial charge >= 0.3 is 0 Å². The van der Waals surface area contributed by atoms with Crippen molar-refractivity contribution in [3.05, 3.63) is 41.0 Å². The zero-order valence-electron chi connectivity index (χ0n) is 12.4. The van der Waals surface area contributed by atoms with Crippen molar-refractivity contribution in [1.29, 1.82) is 0 Å². The lowest BCUT2D eigenvalue weighted by molar-refractivity contribution is 0.148. The van der Waals surface area contributed by atoms with Crippen LogP contribution >= 0.6 is 0 Å². The molecule has 0 aliphatic carbocycles. The summed E-state index contributed by atoms with van der Waals surface area (Å²) in [6.07, 6.45) is 1.17. The van der Waals surface area contributed by atoms with E-state index in [0.29, 0.717) is 0 Å². The summed E-state index contributed by atoms with van der Waals surface area (Å²) in [5.74, 6) is 0. The highest BCUT2D eigenvalue weighted by Gasteiger charge is 2.26. The molecule has 0 bridgehead atoms. The fourth-order valence-electron chi connectivity index (χ4n) is 2.77. The fraction of sp³-hybridized carbons (Fsp3) is 0.529. The van der Waals surface area contributed by atoms with Crippen molar-refractivity contribution < 1.29 is 0 Å². The Labute approximate surface area is 112 Å². The van der Waals surface area contributed by atoms with Crippen LogP contribution < -0.4 is 0 Å². The van der Waals surface area contributed by atoms with Crippen molar-refractivity contribution in [2.24, 2.45) is 0 Å². The molecular formula is C17H25N. The lowest BCUT2D eigenvalue weighted by Crippen LogP contribution is -2.44. The highest BCUT2D eigenvalue weighted by atomic mass is 15.2. The molecule has 1 aromatic rings. The number of nitrogens with zero attached hydrogens (tertiary/aromatic N) is 1. The third kappa shape index (κ3) is 2.67. The zero-order valence-corrected chi connectivity index (χ0v) is 12.4. The van der Waals surface area contributed by atoms with Crippen LogP contribution in [0.25, 0.3) is 5.57 Å². The molecule has 1 heteroatoms. The minimum atomic E-state index is 0.276. The van der Waals surface area contributed by atoms with Gasteiger partial charge in [-0.25, -0.2) is 0 Å². The summed E-state index contributed by atoms with van der Waals surface area (Å²) in [7, 11) is 0. The van der Waals surface area contributed by atoms with E-state index in [4.69, 9.17) is 0 Å². The molecule has 1 aliphatic rings. The molecule has 98 valence electrons.